The molecule has 0 radical (unpaired) electrons. The van der Waals surface area contributed by atoms with E-state index >= 15 is 0 Å². The summed E-state index contributed by atoms with van der Waals surface area (Å²) in [6.45, 7) is 0.202. The molecule has 10 heteroatoms. The van der Waals surface area contributed by atoms with Crippen molar-refractivity contribution in [2.75, 3.05) is 23.6 Å². The van der Waals surface area contributed by atoms with Crippen LogP contribution in [0.3, 0.4) is 0 Å². The van der Waals surface area contributed by atoms with Crippen molar-refractivity contribution in [2.45, 2.75) is 4.90 Å². The summed E-state index contributed by atoms with van der Waals surface area (Å²) in [5.41, 5.74) is 0.500. The van der Waals surface area contributed by atoms with E-state index in [1.807, 2.05) is 0 Å². The average molecular weight is 419 g/mol. The van der Waals surface area contributed by atoms with Gasteiger partial charge in [-0.2, -0.15) is 0 Å². The second kappa shape index (κ2) is 8.44. The van der Waals surface area contributed by atoms with Crippen LogP contribution >= 0.6 is 11.8 Å². The number of amides is 3. The maximum absolute atomic E-state index is 12.4. The fourth-order valence-electron chi connectivity index (χ4n) is 2.52. The van der Waals surface area contributed by atoms with E-state index < -0.39 is 15.9 Å². The van der Waals surface area contributed by atoms with Gasteiger partial charge in [0.25, 0.3) is 21.2 Å². The number of hydrogen-bond donors (Lipinski definition) is 2. The lowest BCUT2D eigenvalue weighted by Crippen LogP contribution is -2.37. The fraction of sp³-hybridized carbons (Fsp3) is 0.167. The first-order chi connectivity index (χ1) is 13.4. The topological polar surface area (TPSA) is 113 Å². The lowest BCUT2D eigenvalue weighted by atomic mass is 10.2. The molecule has 3 rings (SSSR count). The van der Waals surface area contributed by atoms with Crippen LogP contribution in [0, 0.1) is 0 Å². The van der Waals surface area contributed by atoms with E-state index in [9.17, 15) is 22.8 Å². The van der Waals surface area contributed by atoms with Gasteiger partial charge < -0.3 is 5.32 Å². The predicted molar refractivity (Wildman–Crippen MR) is 106 cm³/mol. The minimum absolute atomic E-state index is 0.0940. The van der Waals surface area contributed by atoms with Gasteiger partial charge in [0.15, 0.2) is 0 Å². The molecule has 1 aliphatic rings. The highest BCUT2D eigenvalue weighted by Crippen LogP contribution is 2.18. The number of nitrogens with one attached hydrogen (secondary N) is 2. The van der Waals surface area contributed by atoms with Gasteiger partial charge in [0.1, 0.15) is 0 Å². The Morgan fingerprint density at radius 2 is 1.82 bits per heavy atom. The van der Waals surface area contributed by atoms with Crippen LogP contribution in [0.25, 0.3) is 0 Å². The van der Waals surface area contributed by atoms with Crippen molar-refractivity contribution in [3.8, 4) is 0 Å². The minimum Gasteiger partial charge on any atom is -0.350 e. The zero-order valence-corrected chi connectivity index (χ0v) is 16.3. The molecule has 0 aliphatic carbocycles. The molecule has 3 amide bonds. The Hall–Kier alpha value is -2.85. The molecule has 0 aromatic heterocycles. The summed E-state index contributed by atoms with van der Waals surface area (Å²) in [6, 6.07) is 13.9. The number of imide groups is 1. The number of thioether (sulfide) groups is 1. The molecule has 0 atom stereocenters. The molecule has 0 bridgehead atoms. The third kappa shape index (κ3) is 4.70. The Balaban J connectivity index is 1.62. The predicted octanol–water partition coefficient (Wildman–Crippen LogP) is 1.91. The van der Waals surface area contributed by atoms with Crippen molar-refractivity contribution in [3.63, 3.8) is 0 Å². The summed E-state index contributed by atoms with van der Waals surface area (Å²) in [4.78, 5) is 36.5. The molecule has 1 aliphatic heterocycles. The largest absolute Gasteiger partial charge is 0.350 e. The Bertz CT molecular complexity index is 993. The zero-order valence-electron chi connectivity index (χ0n) is 14.6. The van der Waals surface area contributed by atoms with Gasteiger partial charge in [-0.3, -0.25) is 24.0 Å². The Morgan fingerprint density at radius 1 is 1.07 bits per heavy atom. The molecule has 0 spiro atoms. The number of sulfonamides is 1. The van der Waals surface area contributed by atoms with Gasteiger partial charge in [-0.1, -0.05) is 36.0 Å². The van der Waals surface area contributed by atoms with E-state index in [2.05, 4.69) is 10.0 Å². The van der Waals surface area contributed by atoms with Crippen molar-refractivity contribution >= 4 is 44.5 Å². The van der Waals surface area contributed by atoms with Crippen molar-refractivity contribution in [3.05, 3.63) is 60.2 Å². The van der Waals surface area contributed by atoms with Gasteiger partial charge >= 0.3 is 0 Å². The SMILES string of the molecule is O=C(NCCN1C(=O)CSC1=O)c1cccc(NS(=O)(=O)c2ccccc2)c1. The van der Waals surface area contributed by atoms with E-state index in [-0.39, 0.29) is 46.1 Å². The number of benzene rings is 2. The molecule has 0 unspecified atom stereocenters. The lowest BCUT2D eigenvalue weighted by Gasteiger charge is -2.13. The molecule has 2 N–H and O–H groups in total. The standard InChI is InChI=1S/C18H17N3O5S2/c22-16-12-27-18(24)21(16)10-9-19-17(23)13-5-4-6-14(11-13)20-28(25,26)15-7-2-1-3-8-15/h1-8,11,20H,9-10,12H2,(H,19,23). The molecule has 8 nitrogen and oxygen atoms in total. The quantitative estimate of drug-likeness (QED) is 0.709. The van der Waals surface area contributed by atoms with Gasteiger partial charge in [-0.25, -0.2) is 8.42 Å². The van der Waals surface area contributed by atoms with Gasteiger partial charge in [0, 0.05) is 24.3 Å². The molecule has 146 valence electrons. The Kier molecular flexibility index (Phi) is 6.00. The number of hydrogen-bond acceptors (Lipinski definition) is 6. The molecular weight excluding hydrogens is 402 g/mol. The summed E-state index contributed by atoms with van der Waals surface area (Å²) in [7, 11) is -3.76. The van der Waals surface area contributed by atoms with Gasteiger partial charge in [0.05, 0.1) is 10.6 Å². The zero-order chi connectivity index (χ0) is 20.1. The highest BCUT2D eigenvalue weighted by atomic mass is 32.2. The molecule has 2 aromatic rings. The van der Waals surface area contributed by atoms with E-state index in [1.165, 1.54) is 30.3 Å². The number of rotatable bonds is 7. The summed E-state index contributed by atoms with van der Waals surface area (Å²) < 4.78 is 27.2. The molecule has 2 aromatic carbocycles. The summed E-state index contributed by atoms with van der Waals surface area (Å²) in [5, 5.41) is 2.29. The van der Waals surface area contributed by atoms with E-state index in [1.54, 1.807) is 24.3 Å². The third-order valence-corrected chi connectivity index (χ3v) is 6.15. The minimum atomic E-state index is -3.76. The first kappa shape index (κ1) is 19.9. The number of carbonyl (C=O) groups excluding carboxylic acids is 3. The fourth-order valence-corrected chi connectivity index (χ4v) is 4.34. The van der Waals surface area contributed by atoms with Crippen molar-refractivity contribution in [1.29, 1.82) is 0 Å². The summed E-state index contributed by atoms with van der Waals surface area (Å²) in [5.74, 6) is -0.592. The van der Waals surface area contributed by atoms with Crippen LogP contribution in [0.2, 0.25) is 0 Å². The van der Waals surface area contributed by atoms with Crippen LogP contribution in [0.4, 0.5) is 10.5 Å². The van der Waals surface area contributed by atoms with Crippen molar-refractivity contribution in [2.24, 2.45) is 0 Å². The molecule has 1 fully saturated rings. The van der Waals surface area contributed by atoms with Gasteiger partial charge in [0.2, 0.25) is 5.91 Å². The second-order valence-electron chi connectivity index (χ2n) is 5.86. The van der Waals surface area contributed by atoms with E-state index in [4.69, 9.17) is 0 Å². The third-order valence-electron chi connectivity index (χ3n) is 3.89. The highest BCUT2D eigenvalue weighted by Gasteiger charge is 2.29. The maximum atomic E-state index is 12.4. The van der Waals surface area contributed by atoms with Crippen LogP contribution in [0.1, 0.15) is 10.4 Å². The van der Waals surface area contributed by atoms with Gasteiger partial charge in [-0.15, -0.1) is 0 Å². The maximum Gasteiger partial charge on any atom is 0.288 e. The lowest BCUT2D eigenvalue weighted by molar-refractivity contribution is -0.124. The van der Waals surface area contributed by atoms with Crippen LogP contribution in [0.5, 0.6) is 0 Å². The Morgan fingerprint density at radius 3 is 2.50 bits per heavy atom. The second-order valence-corrected chi connectivity index (χ2v) is 8.46. The molecule has 0 saturated carbocycles. The molecule has 28 heavy (non-hydrogen) atoms. The first-order valence-electron chi connectivity index (χ1n) is 8.30. The smallest absolute Gasteiger partial charge is 0.288 e. The molecule has 1 saturated heterocycles. The van der Waals surface area contributed by atoms with E-state index in [0.29, 0.717) is 0 Å². The van der Waals surface area contributed by atoms with Crippen LogP contribution in [-0.2, 0) is 14.8 Å². The molecule has 1 heterocycles. The average Bonchev–Trinajstić information content (AvgIpc) is 3.00. The van der Waals surface area contributed by atoms with Crippen molar-refractivity contribution in [1.82, 2.24) is 10.2 Å². The monoisotopic (exact) mass is 419 g/mol. The summed E-state index contributed by atoms with van der Waals surface area (Å²) >= 11 is 0.934. The van der Waals surface area contributed by atoms with Crippen molar-refractivity contribution < 1.29 is 22.8 Å². The normalized spacial score (nSPS) is 14.2. The first-order valence-corrected chi connectivity index (χ1v) is 10.8. The number of anilines is 1. The van der Waals surface area contributed by atoms with E-state index in [0.717, 1.165) is 16.7 Å². The summed E-state index contributed by atoms with van der Waals surface area (Å²) in [6.07, 6.45) is 0. The van der Waals surface area contributed by atoms with Crippen LogP contribution in [-0.4, -0.2) is 49.2 Å². The Labute approximate surface area is 166 Å². The highest BCUT2D eigenvalue weighted by molar-refractivity contribution is 8.14. The van der Waals surface area contributed by atoms with Gasteiger partial charge in [-0.05, 0) is 30.3 Å². The van der Waals surface area contributed by atoms with Crippen LogP contribution < -0.4 is 10.0 Å². The van der Waals surface area contributed by atoms with Crippen LogP contribution in [0.15, 0.2) is 59.5 Å². The number of carbonyl (C=O) groups is 3. The molecular formula is C18H17N3O5S2. The number of nitrogens with zero attached hydrogens (tertiary/aromatic N) is 1.